The first-order valence-electron chi connectivity index (χ1n) is 2.70. The summed E-state index contributed by atoms with van der Waals surface area (Å²) in [6.07, 6.45) is 0. The van der Waals surface area contributed by atoms with Crippen LogP contribution < -0.4 is 0 Å². The Bertz CT molecular complexity index is 166. The minimum Gasteiger partial charge on any atom is -0.477 e. The van der Waals surface area contributed by atoms with Gasteiger partial charge >= 0.3 is 11.9 Å². The maximum Gasteiger partial charge on any atom is 0.377 e. The highest BCUT2D eigenvalue weighted by molar-refractivity contribution is 5.77. The molecule has 66 valence electrons. The fraction of sp³-hybridized carbons (Fsp3) is 0.800. The lowest BCUT2D eigenvalue weighted by Gasteiger charge is -2.26. The van der Waals surface area contributed by atoms with Crippen molar-refractivity contribution < 1.29 is 28.9 Å². The SMILES string of the molecule is CC(O)(CO)C(F)(F)C(=O)O. The molecule has 0 fully saturated rings. The zero-order valence-corrected chi connectivity index (χ0v) is 5.71. The number of aliphatic hydroxyl groups excluding tert-OH is 1. The molecule has 0 aliphatic rings. The number of carboxylic acid groups (broad SMARTS) is 1. The van der Waals surface area contributed by atoms with Crippen LogP contribution in [0.2, 0.25) is 0 Å². The first-order valence-corrected chi connectivity index (χ1v) is 2.70. The van der Waals surface area contributed by atoms with E-state index in [1.54, 1.807) is 0 Å². The molecule has 0 heterocycles. The largest absolute Gasteiger partial charge is 0.477 e. The normalized spacial score (nSPS) is 17.5. The summed E-state index contributed by atoms with van der Waals surface area (Å²) in [6.45, 7) is -0.770. The minimum absolute atomic E-state index is 0.543. The first kappa shape index (κ1) is 10.2. The zero-order chi connectivity index (χ0) is 9.28. The van der Waals surface area contributed by atoms with Gasteiger partial charge in [0.1, 0.15) is 0 Å². The molecule has 6 heteroatoms. The topological polar surface area (TPSA) is 77.8 Å². The summed E-state index contributed by atoms with van der Waals surface area (Å²) < 4.78 is 24.6. The van der Waals surface area contributed by atoms with Crippen molar-refractivity contribution in [1.29, 1.82) is 0 Å². The van der Waals surface area contributed by atoms with Gasteiger partial charge in [0.15, 0.2) is 5.60 Å². The molecule has 0 spiro atoms. The molecule has 1 unspecified atom stereocenters. The summed E-state index contributed by atoms with van der Waals surface area (Å²) in [7, 11) is 0. The lowest BCUT2D eigenvalue weighted by atomic mass is 10.00. The van der Waals surface area contributed by atoms with Crippen LogP contribution in [0.3, 0.4) is 0 Å². The smallest absolute Gasteiger partial charge is 0.377 e. The van der Waals surface area contributed by atoms with Gasteiger partial charge in [0.2, 0.25) is 0 Å². The van der Waals surface area contributed by atoms with Gasteiger partial charge in [0, 0.05) is 0 Å². The third kappa shape index (κ3) is 1.63. The molecule has 1 atom stereocenters. The van der Waals surface area contributed by atoms with Crippen LogP contribution in [0, 0.1) is 0 Å². The Balaban J connectivity index is 4.67. The van der Waals surface area contributed by atoms with Crippen molar-refractivity contribution in [2.24, 2.45) is 0 Å². The Hall–Kier alpha value is -0.750. The van der Waals surface area contributed by atoms with Gasteiger partial charge in [-0.1, -0.05) is 0 Å². The van der Waals surface area contributed by atoms with Crippen molar-refractivity contribution in [3.63, 3.8) is 0 Å². The van der Waals surface area contributed by atoms with Crippen LogP contribution in [0.5, 0.6) is 0 Å². The van der Waals surface area contributed by atoms with Crippen molar-refractivity contribution in [3.05, 3.63) is 0 Å². The molecular weight excluding hydrogens is 162 g/mol. The van der Waals surface area contributed by atoms with Gasteiger partial charge in [-0.3, -0.25) is 0 Å². The summed E-state index contributed by atoms with van der Waals surface area (Å²) in [5, 5.41) is 24.7. The average molecular weight is 170 g/mol. The van der Waals surface area contributed by atoms with Crippen molar-refractivity contribution >= 4 is 5.97 Å². The van der Waals surface area contributed by atoms with E-state index in [1.807, 2.05) is 0 Å². The number of aliphatic carboxylic acids is 1. The van der Waals surface area contributed by atoms with Gasteiger partial charge in [-0.25, -0.2) is 4.79 Å². The fourth-order valence-electron chi connectivity index (χ4n) is 0.330. The molecule has 4 nitrogen and oxygen atoms in total. The van der Waals surface area contributed by atoms with E-state index in [2.05, 4.69) is 0 Å². The molecule has 0 aromatic heterocycles. The van der Waals surface area contributed by atoms with Crippen molar-refractivity contribution in [3.8, 4) is 0 Å². The third-order valence-electron chi connectivity index (χ3n) is 1.25. The first-order chi connectivity index (χ1) is 4.75. The highest BCUT2D eigenvalue weighted by atomic mass is 19.3. The molecule has 3 N–H and O–H groups in total. The number of aliphatic hydroxyl groups is 2. The predicted octanol–water partition coefficient (Wildman–Crippen LogP) is -0.550. The molecule has 0 aromatic rings. The number of halogens is 2. The number of carboxylic acids is 1. The maximum atomic E-state index is 12.3. The van der Waals surface area contributed by atoms with Crippen LogP contribution in [0.25, 0.3) is 0 Å². The van der Waals surface area contributed by atoms with Crippen molar-refractivity contribution in [1.82, 2.24) is 0 Å². The van der Waals surface area contributed by atoms with Crippen LogP contribution in [0.1, 0.15) is 6.92 Å². The van der Waals surface area contributed by atoms with E-state index in [0.29, 0.717) is 6.92 Å². The predicted molar refractivity (Wildman–Crippen MR) is 30.3 cm³/mol. The molecular formula is C5H8F2O4. The molecule has 0 aliphatic heterocycles. The second kappa shape index (κ2) is 2.71. The zero-order valence-electron chi connectivity index (χ0n) is 5.71. The Kier molecular flexibility index (Phi) is 2.52. The number of rotatable bonds is 3. The second-order valence-electron chi connectivity index (χ2n) is 2.31. The lowest BCUT2D eigenvalue weighted by molar-refractivity contribution is -0.211. The van der Waals surface area contributed by atoms with Gasteiger partial charge < -0.3 is 15.3 Å². The van der Waals surface area contributed by atoms with E-state index >= 15 is 0 Å². The number of hydrogen-bond donors (Lipinski definition) is 3. The molecule has 0 aromatic carbocycles. The van der Waals surface area contributed by atoms with Gasteiger partial charge in [-0.05, 0) is 6.92 Å². The standard InChI is InChI=1S/C5H8F2O4/c1-4(11,2-8)5(6,7)3(9)10/h8,11H,2H2,1H3,(H,9,10). The Morgan fingerprint density at radius 3 is 2.00 bits per heavy atom. The van der Waals surface area contributed by atoms with E-state index in [-0.39, 0.29) is 0 Å². The van der Waals surface area contributed by atoms with E-state index < -0.39 is 24.1 Å². The van der Waals surface area contributed by atoms with Gasteiger partial charge in [-0.2, -0.15) is 8.78 Å². The van der Waals surface area contributed by atoms with Crippen LogP contribution in [-0.4, -0.2) is 39.4 Å². The molecule has 0 rings (SSSR count). The van der Waals surface area contributed by atoms with E-state index in [1.165, 1.54) is 0 Å². The summed E-state index contributed by atoms with van der Waals surface area (Å²) in [6, 6.07) is 0. The number of alkyl halides is 2. The fourth-order valence-corrected chi connectivity index (χ4v) is 0.330. The van der Waals surface area contributed by atoms with Crippen molar-refractivity contribution in [2.45, 2.75) is 18.4 Å². The molecule has 0 saturated heterocycles. The van der Waals surface area contributed by atoms with Crippen LogP contribution in [0.15, 0.2) is 0 Å². The summed E-state index contributed by atoms with van der Waals surface area (Å²) in [5.74, 6) is -6.79. The molecule has 0 radical (unpaired) electrons. The van der Waals surface area contributed by atoms with Gasteiger partial charge in [0.25, 0.3) is 0 Å². The van der Waals surface area contributed by atoms with E-state index in [4.69, 9.17) is 15.3 Å². The van der Waals surface area contributed by atoms with E-state index in [0.717, 1.165) is 0 Å². The Morgan fingerprint density at radius 2 is 1.91 bits per heavy atom. The van der Waals surface area contributed by atoms with Gasteiger partial charge in [-0.15, -0.1) is 0 Å². The van der Waals surface area contributed by atoms with Crippen LogP contribution in [-0.2, 0) is 4.79 Å². The molecule has 0 amide bonds. The molecule has 11 heavy (non-hydrogen) atoms. The lowest BCUT2D eigenvalue weighted by Crippen LogP contribution is -2.53. The van der Waals surface area contributed by atoms with Crippen LogP contribution >= 0.6 is 0 Å². The summed E-state index contributed by atoms with van der Waals surface area (Å²) in [4.78, 5) is 9.81. The third-order valence-corrected chi connectivity index (χ3v) is 1.25. The molecule has 0 aliphatic carbocycles. The number of hydrogen-bond acceptors (Lipinski definition) is 3. The Morgan fingerprint density at radius 1 is 1.55 bits per heavy atom. The highest BCUT2D eigenvalue weighted by Gasteiger charge is 2.55. The quantitative estimate of drug-likeness (QED) is 0.531. The average Bonchev–Trinajstić information content (AvgIpc) is 1.87. The van der Waals surface area contributed by atoms with E-state index in [9.17, 15) is 13.6 Å². The summed E-state index contributed by atoms with van der Waals surface area (Å²) >= 11 is 0. The van der Waals surface area contributed by atoms with Gasteiger partial charge in [0.05, 0.1) is 6.61 Å². The highest BCUT2D eigenvalue weighted by Crippen LogP contribution is 2.28. The maximum absolute atomic E-state index is 12.3. The van der Waals surface area contributed by atoms with Crippen LogP contribution in [0.4, 0.5) is 8.78 Å². The molecule has 0 bridgehead atoms. The Labute approximate surface area is 61.1 Å². The monoisotopic (exact) mass is 170 g/mol. The number of carbonyl (C=O) groups is 1. The van der Waals surface area contributed by atoms with Crippen molar-refractivity contribution in [2.75, 3.05) is 6.61 Å². The molecule has 0 saturated carbocycles. The summed E-state index contributed by atoms with van der Waals surface area (Å²) in [5.41, 5.74) is -2.92. The second-order valence-corrected chi connectivity index (χ2v) is 2.31. The minimum atomic E-state index is -4.33.